The van der Waals surface area contributed by atoms with E-state index in [1.165, 1.54) is 12.4 Å². The maximum absolute atomic E-state index is 12.2. The zero-order valence-electron chi connectivity index (χ0n) is 11.0. The summed E-state index contributed by atoms with van der Waals surface area (Å²) in [5.74, 6) is -0.312. The lowest BCUT2D eigenvalue weighted by Gasteiger charge is -2.26. The van der Waals surface area contributed by atoms with Gasteiger partial charge in [0.05, 0.1) is 17.9 Å². The number of amides is 1. The molecule has 0 aliphatic carbocycles. The van der Waals surface area contributed by atoms with Gasteiger partial charge in [-0.05, 0) is 31.5 Å². The molecular formula is C14H13BrClN3O. The van der Waals surface area contributed by atoms with Crippen LogP contribution in [0.1, 0.15) is 29.9 Å². The van der Waals surface area contributed by atoms with Gasteiger partial charge in [-0.25, -0.2) is 4.98 Å². The highest BCUT2D eigenvalue weighted by Crippen LogP contribution is 2.22. The number of nitrogens with one attached hydrogen (secondary N) is 1. The van der Waals surface area contributed by atoms with Crippen molar-refractivity contribution in [3.63, 3.8) is 0 Å². The molecule has 0 bridgehead atoms. The Bertz CT molecular complexity index is 629. The monoisotopic (exact) mass is 353 g/mol. The first kappa shape index (κ1) is 14.9. The van der Waals surface area contributed by atoms with Crippen molar-refractivity contribution < 1.29 is 4.79 Å². The minimum absolute atomic E-state index is 0.194. The van der Waals surface area contributed by atoms with Crippen LogP contribution < -0.4 is 5.32 Å². The van der Waals surface area contributed by atoms with Crippen LogP contribution in [0.2, 0.25) is 5.15 Å². The molecular weight excluding hydrogens is 342 g/mol. The largest absolute Gasteiger partial charge is 0.342 e. The molecule has 1 aromatic heterocycles. The summed E-state index contributed by atoms with van der Waals surface area (Å²) in [5.41, 5.74) is 0.661. The minimum Gasteiger partial charge on any atom is -0.342 e. The number of benzene rings is 1. The first-order valence-corrected chi connectivity index (χ1v) is 7.12. The summed E-state index contributed by atoms with van der Waals surface area (Å²) in [6.07, 6.45) is 2.77. The lowest BCUT2D eigenvalue weighted by atomic mass is 9.94. The zero-order chi connectivity index (χ0) is 14.8. The third-order valence-corrected chi connectivity index (χ3v) is 3.54. The van der Waals surface area contributed by atoms with E-state index in [1.54, 1.807) is 0 Å². The number of halogens is 2. The molecule has 20 heavy (non-hydrogen) atoms. The van der Waals surface area contributed by atoms with Crippen molar-refractivity contribution in [3.8, 4) is 0 Å². The van der Waals surface area contributed by atoms with Crippen LogP contribution in [0.3, 0.4) is 0 Å². The standard InChI is InChI=1S/C14H13BrClN3O/c1-14(2,9-3-5-10(15)6-4-9)19-13(20)11-7-17-8-12(16)18-11/h3-8H,1-2H3,(H,19,20). The number of hydrogen-bond donors (Lipinski definition) is 1. The zero-order valence-corrected chi connectivity index (χ0v) is 13.4. The highest BCUT2D eigenvalue weighted by molar-refractivity contribution is 9.10. The predicted octanol–water partition coefficient (Wildman–Crippen LogP) is 3.56. The lowest BCUT2D eigenvalue weighted by molar-refractivity contribution is 0.0906. The second-order valence-electron chi connectivity index (χ2n) is 4.81. The molecule has 0 fully saturated rings. The third kappa shape index (κ3) is 3.55. The highest BCUT2D eigenvalue weighted by Gasteiger charge is 2.24. The van der Waals surface area contributed by atoms with Crippen molar-refractivity contribution in [1.29, 1.82) is 0 Å². The van der Waals surface area contributed by atoms with Crippen LogP contribution in [-0.2, 0) is 5.54 Å². The summed E-state index contributed by atoms with van der Waals surface area (Å²) in [6, 6.07) is 7.77. The van der Waals surface area contributed by atoms with Gasteiger partial charge in [-0.15, -0.1) is 0 Å². The number of carbonyl (C=O) groups excluding carboxylic acids is 1. The van der Waals surface area contributed by atoms with Crippen LogP contribution >= 0.6 is 27.5 Å². The van der Waals surface area contributed by atoms with E-state index >= 15 is 0 Å². The van der Waals surface area contributed by atoms with E-state index in [9.17, 15) is 4.79 Å². The second-order valence-corrected chi connectivity index (χ2v) is 6.12. The predicted molar refractivity (Wildman–Crippen MR) is 81.7 cm³/mol. The van der Waals surface area contributed by atoms with Gasteiger partial charge in [-0.2, -0.15) is 0 Å². The molecule has 0 saturated carbocycles. The van der Waals surface area contributed by atoms with Crippen LogP contribution in [0, 0.1) is 0 Å². The Morgan fingerprint density at radius 3 is 2.50 bits per heavy atom. The molecule has 0 atom stereocenters. The van der Waals surface area contributed by atoms with Crippen molar-refractivity contribution in [2.75, 3.05) is 0 Å². The third-order valence-electron chi connectivity index (χ3n) is 2.83. The molecule has 1 aromatic carbocycles. The highest BCUT2D eigenvalue weighted by atomic mass is 79.9. The van der Waals surface area contributed by atoms with Gasteiger partial charge in [-0.1, -0.05) is 39.7 Å². The van der Waals surface area contributed by atoms with Crippen LogP contribution in [0.25, 0.3) is 0 Å². The number of rotatable bonds is 3. The van der Waals surface area contributed by atoms with Gasteiger partial charge in [0.15, 0.2) is 0 Å². The summed E-state index contributed by atoms with van der Waals surface area (Å²) in [6.45, 7) is 3.85. The van der Waals surface area contributed by atoms with Crippen LogP contribution in [-0.4, -0.2) is 15.9 Å². The molecule has 0 saturated heterocycles. The SMILES string of the molecule is CC(C)(NC(=O)c1cncc(Cl)n1)c1ccc(Br)cc1. The summed E-state index contributed by atoms with van der Waals surface area (Å²) < 4.78 is 0.990. The molecule has 0 unspecified atom stereocenters. The normalized spacial score (nSPS) is 11.2. The van der Waals surface area contributed by atoms with Gasteiger partial charge in [0, 0.05) is 4.47 Å². The molecule has 0 radical (unpaired) electrons. The molecule has 0 aliphatic heterocycles. The Kier molecular flexibility index (Phi) is 4.40. The van der Waals surface area contributed by atoms with Crippen LogP contribution in [0.15, 0.2) is 41.1 Å². The van der Waals surface area contributed by atoms with Gasteiger partial charge in [0.2, 0.25) is 0 Å². The summed E-state index contributed by atoms with van der Waals surface area (Å²) in [7, 11) is 0. The number of carbonyl (C=O) groups is 1. The van der Waals surface area contributed by atoms with E-state index in [0.717, 1.165) is 10.0 Å². The average Bonchev–Trinajstić information content (AvgIpc) is 2.38. The van der Waals surface area contributed by atoms with Gasteiger partial charge in [0.1, 0.15) is 10.8 Å². The fourth-order valence-electron chi connectivity index (χ4n) is 1.74. The Labute approximate surface area is 130 Å². The van der Waals surface area contributed by atoms with Gasteiger partial charge < -0.3 is 5.32 Å². The average molecular weight is 355 g/mol. The molecule has 6 heteroatoms. The fourth-order valence-corrected chi connectivity index (χ4v) is 2.15. The number of nitrogens with zero attached hydrogens (tertiary/aromatic N) is 2. The van der Waals surface area contributed by atoms with Gasteiger partial charge in [0.25, 0.3) is 5.91 Å². The Hall–Kier alpha value is -1.46. The Morgan fingerprint density at radius 1 is 1.25 bits per heavy atom. The van der Waals surface area contributed by atoms with Crippen molar-refractivity contribution in [2.45, 2.75) is 19.4 Å². The smallest absolute Gasteiger partial charge is 0.272 e. The fraction of sp³-hybridized carbons (Fsp3) is 0.214. The lowest BCUT2D eigenvalue weighted by Crippen LogP contribution is -2.41. The number of aromatic nitrogens is 2. The number of hydrogen-bond acceptors (Lipinski definition) is 3. The molecule has 104 valence electrons. The Balaban J connectivity index is 2.19. The summed E-state index contributed by atoms with van der Waals surface area (Å²) in [5, 5.41) is 3.11. The maximum atomic E-state index is 12.2. The van der Waals surface area contributed by atoms with E-state index < -0.39 is 5.54 Å². The molecule has 4 nitrogen and oxygen atoms in total. The molecule has 0 aliphatic rings. The molecule has 2 aromatic rings. The van der Waals surface area contributed by atoms with Gasteiger partial charge >= 0.3 is 0 Å². The maximum Gasteiger partial charge on any atom is 0.272 e. The minimum atomic E-state index is -0.526. The molecule has 2 rings (SSSR count). The van der Waals surface area contributed by atoms with Crippen molar-refractivity contribution in [3.05, 3.63) is 57.5 Å². The van der Waals surface area contributed by atoms with Gasteiger partial charge in [-0.3, -0.25) is 9.78 Å². The van der Waals surface area contributed by atoms with Crippen LogP contribution in [0.4, 0.5) is 0 Å². The summed E-state index contributed by atoms with van der Waals surface area (Å²) >= 11 is 9.12. The molecule has 0 spiro atoms. The van der Waals surface area contributed by atoms with E-state index in [4.69, 9.17) is 11.6 Å². The first-order valence-electron chi connectivity index (χ1n) is 5.94. The molecule has 1 amide bonds. The van der Waals surface area contributed by atoms with E-state index in [0.29, 0.717) is 0 Å². The van der Waals surface area contributed by atoms with E-state index in [2.05, 4.69) is 31.2 Å². The second kappa shape index (κ2) is 5.89. The summed E-state index contributed by atoms with van der Waals surface area (Å²) in [4.78, 5) is 20.0. The van der Waals surface area contributed by atoms with E-state index in [-0.39, 0.29) is 16.8 Å². The van der Waals surface area contributed by atoms with E-state index in [1.807, 2.05) is 38.1 Å². The Morgan fingerprint density at radius 2 is 1.90 bits per heavy atom. The van der Waals surface area contributed by atoms with Crippen molar-refractivity contribution >= 4 is 33.4 Å². The van der Waals surface area contributed by atoms with Crippen LogP contribution in [0.5, 0.6) is 0 Å². The van der Waals surface area contributed by atoms with Crippen molar-refractivity contribution in [1.82, 2.24) is 15.3 Å². The topological polar surface area (TPSA) is 54.9 Å². The first-order chi connectivity index (χ1) is 9.38. The molecule has 1 heterocycles. The van der Waals surface area contributed by atoms with Crippen molar-refractivity contribution in [2.24, 2.45) is 0 Å². The quantitative estimate of drug-likeness (QED) is 0.917. The molecule has 1 N–H and O–H groups in total.